The lowest BCUT2D eigenvalue weighted by Crippen LogP contribution is -2.59. The molecule has 1 saturated carbocycles. The number of rotatable bonds is 3. The third-order valence-electron chi connectivity index (χ3n) is 6.45. The lowest BCUT2D eigenvalue weighted by molar-refractivity contribution is 0.00272. The van der Waals surface area contributed by atoms with E-state index in [-0.39, 0.29) is 0 Å². The van der Waals surface area contributed by atoms with Gasteiger partial charge in [0.15, 0.2) is 0 Å². The zero-order chi connectivity index (χ0) is 15.2. The minimum absolute atomic E-state index is 0.427. The number of likely N-dealkylation sites (tertiary alicyclic amines) is 1. The van der Waals surface area contributed by atoms with E-state index in [1.54, 1.807) is 11.1 Å². The summed E-state index contributed by atoms with van der Waals surface area (Å²) in [7, 11) is 2.33. The van der Waals surface area contributed by atoms with Crippen LogP contribution < -0.4 is 4.74 Å². The fourth-order valence-corrected chi connectivity index (χ4v) is 5.42. The second-order valence-corrected chi connectivity index (χ2v) is 7.43. The Hall–Kier alpha value is -1.28. The molecule has 0 spiro atoms. The second-order valence-electron chi connectivity index (χ2n) is 7.43. The molecule has 22 heavy (non-hydrogen) atoms. The van der Waals surface area contributed by atoms with Crippen molar-refractivity contribution in [1.82, 2.24) is 4.90 Å². The first-order valence-corrected chi connectivity index (χ1v) is 8.82. The third kappa shape index (κ3) is 2.04. The van der Waals surface area contributed by atoms with Crippen molar-refractivity contribution in [3.63, 3.8) is 0 Å². The highest BCUT2D eigenvalue weighted by atomic mass is 16.5. The quantitative estimate of drug-likeness (QED) is 0.784. The maximum Gasteiger partial charge on any atom is 0.120 e. The topological polar surface area (TPSA) is 12.5 Å². The van der Waals surface area contributed by atoms with Crippen molar-refractivity contribution in [3.05, 3.63) is 42.0 Å². The van der Waals surface area contributed by atoms with E-state index in [0.29, 0.717) is 12.0 Å². The van der Waals surface area contributed by atoms with Gasteiger partial charge in [-0.3, -0.25) is 0 Å². The van der Waals surface area contributed by atoms with Crippen LogP contribution in [0.15, 0.2) is 30.9 Å². The lowest BCUT2D eigenvalue weighted by Gasteiger charge is -2.58. The van der Waals surface area contributed by atoms with Gasteiger partial charge < -0.3 is 9.64 Å². The fourth-order valence-electron chi connectivity index (χ4n) is 5.42. The van der Waals surface area contributed by atoms with Crippen molar-refractivity contribution in [1.29, 1.82) is 0 Å². The summed E-state index contributed by atoms with van der Waals surface area (Å²) in [5.41, 5.74) is 3.61. The Morgan fingerprint density at radius 1 is 1.36 bits per heavy atom. The molecule has 0 unspecified atom stereocenters. The van der Waals surface area contributed by atoms with E-state index < -0.39 is 0 Å². The minimum atomic E-state index is 0.427. The van der Waals surface area contributed by atoms with Gasteiger partial charge in [-0.15, -0.1) is 0 Å². The summed E-state index contributed by atoms with van der Waals surface area (Å²) in [4.78, 5) is 2.62. The first kappa shape index (κ1) is 14.3. The van der Waals surface area contributed by atoms with Crippen molar-refractivity contribution in [2.24, 2.45) is 5.92 Å². The molecule has 2 bridgehead atoms. The van der Waals surface area contributed by atoms with Gasteiger partial charge in [-0.2, -0.15) is 0 Å². The first-order valence-electron chi connectivity index (χ1n) is 8.82. The van der Waals surface area contributed by atoms with Crippen molar-refractivity contribution in [3.8, 4) is 5.75 Å². The van der Waals surface area contributed by atoms with Crippen LogP contribution in [0, 0.1) is 5.92 Å². The van der Waals surface area contributed by atoms with Gasteiger partial charge in [-0.25, -0.2) is 0 Å². The Labute approximate surface area is 134 Å². The van der Waals surface area contributed by atoms with Gasteiger partial charge in [-0.05, 0) is 68.5 Å². The number of piperidine rings is 1. The first-order chi connectivity index (χ1) is 10.7. The molecule has 118 valence electrons. The Kier molecular flexibility index (Phi) is 3.53. The van der Waals surface area contributed by atoms with E-state index in [0.717, 1.165) is 17.7 Å². The second kappa shape index (κ2) is 5.42. The normalized spacial score (nSPS) is 33.7. The van der Waals surface area contributed by atoms with Gasteiger partial charge in [0.2, 0.25) is 0 Å². The van der Waals surface area contributed by atoms with E-state index in [1.165, 1.54) is 45.1 Å². The summed E-state index contributed by atoms with van der Waals surface area (Å²) >= 11 is 0. The zero-order valence-corrected chi connectivity index (χ0v) is 13.7. The predicted molar refractivity (Wildman–Crippen MR) is 90.5 cm³/mol. The molecule has 1 aliphatic heterocycles. The van der Waals surface area contributed by atoms with Crippen LogP contribution in [0.4, 0.5) is 0 Å². The molecule has 0 radical (unpaired) electrons. The summed E-state index contributed by atoms with van der Waals surface area (Å²) in [6, 6.07) is 7.59. The van der Waals surface area contributed by atoms with Crippen LogP contribution in [0.5, 0.6) is 5.75 Å². The molecule has 1 heterocycles. The third-order valence-corrected chi connectivity index (χ3v) is 6.45. The molecule has 4 rings (SSSR count). The summed E-state index contributed by atoms with van der Waals surface area (Å²) < 4.78 is 5.83. The average molecular weight is 297 g/mol. The fraction of sp³-hybridized carbons (Fsp3) is 0.600. The van der Waals surface area contributed by atoms with E-state index >= 15 is 0 Å². The lowest BCUT2D eigenvalue weighted by atomic mass is 9.52. The molecule has 0 aromatic heterocycles. The number of fused-ring (bicyclic) bond motifs is 1. The van der Waals surface area contributed by atoms with Gasteiger partial charge in [0, 0.05) is 11.5 Å². The predicted octanol–water partition coefficient (Wildman–Crippen LogP) is 3.94. The van der Waals surface area contributed by atoms with Gasteiger partial charge in [0.25, 0.3) is 0 Å². The summed E-state index contributed by atoms with van der Waals surface area (Å²) in [5.74, 6) is 1.87. The standard InChI is InChI=1S/C20H27NO/c1-3-12-22-16-8-7-15-13-19-17-6-4-5-9-20(17,18(15)14-16)10-11-21(19)2/h3,7-8,14,17,19H,1,4-6,9-13H2,2H3/t17-,19-,20+/m0/s1. The zero-order valence-electron chi connectivity index (χ0n) is 13.7. The van der Waals surface area contributed by atoms with Crippen LogP contribution in [-0.2, 0) is 11.8 Å². The number of nitrogens with zero attached hydrogens (tertiary/aromatic N) is 1. The molecule has 2 aliphatic carbocycles. The van der Waals surface area contributed by atoms with Crippen LogP contribution in [-0.4, -0.2) is 31.1 Å². The Morgan fingerprint density at radius 2 is 2.27 bits per heavy atom. The maximum atomic E-state index is 5.83. The van der Waals surface area contributed by atoms with Crippen LogP contribution in [0.25, 0.3) is 0 Å². The van der Waals surface area contributed by atoms with Gasteiger partial charge >= 0.3 is 0 Å². The summed E-state index contributed by atoms with van der Waals surface area (Å²) in [6.07, 6.45) is 9.96. The molecule has 0 N–H and O–H groups in total. The van der Waals surface area contributed by atoms with Crippen molar-refractivity contribution in [2.75, 3.05) is 20.2 Å². The highest BCUT2D eigenvalue weighted by Gasteiger charge is 2.53. The molecule has 0 amide bonds. The highest BCUT2D eigenvalue weighted by Crippen LogP contribution is 2.55. The SMILES string of the molecule is C=CCOc1ccc2c(c1)[C@@]13CCCC[C@H]1[C@H](C2)N(C)CC3. The van der Waals surface area contributed by atoms with E-state index in [9.17, 15) is 0 Å². The van der Waals surface area contributed by atoms with E-state index in [1.807, 2.05) is 6.08 Å². The average Bonchev–Trinajstić information content (AvgIpc) is 2.56. The summed E-state index contributed by atoms with van der Waals surface area (Å²) in [6.45, 7) is 5.60. The largest absolute Gasteiger partial charge is 0.490 e. The molecule has 2 nitrogen and oxygen atoms in total. The molecular weight excluding hydrogens is 270 g/mol. The van der Waals surface area contributed by atoms with Gasteiger partial charge in [0.1, 0.15) is 12.4 Å². The monoisotopic (exact) mass is 297 g/mol. The number of hydrogen-bond acceptors (Lipinski definition) is 2. The van der Waals surface area contributed by atoms with Crippen LogP contribution in [0.1, 0.15) is 43.2 Å². The maximum absolute atomic E-state index is 5.83. The molecule has 2 heteroatoms. The van der Waals surface area contributed by atoms with Crippen molar-refractivity contribution >= 4 is 0 Å². The van der Waals surface area contributed by atoms with Crippen molar-refractivity contribution < 1.29 is 4.74 Å². The molecule has 3 aliphatic rings. The van der Waals surface area contributed by atoms with Crippen LogP contribution in [0.2, 0.25) is 0 Å². The minimum Gasteiger partial charge on any atom is -0.490 e. The van der Waals surface area contributed by atoms with E-state index in [2.05, 4.69) is 36.7 Å². The highest BCUT2D eigenvalue weighted by molar-refractivity contribution is 5.45. The smallest absolute Gasteiger partial charge is 0.120 e. The number of benzene rings is 1. The molecule has 3 atom stereocenters. The Balaban J connectivity index is 1.78. The molecule has 1 aromatic carbocycles. The Bertz CT molecular complexity index is 581. The van der Waals surface area contributed by atoms with E-state index in [4.69, 9.17) is 4.74 Å². The number of hydrogen-bond donors (Lipinski definition) is 0. The molecular formula is C20H27NO. The molecule has 1 saturated heterocycles. The van der Waals surface area contributed by atoms with Gasteiger partial charge in [0.05, 0.1) is 0 Å². The van der Waals surface area contributed by atoms with Crippen LogP contribution in [0.3, 0.4) is 0 Å². The van der Waals surface area contributed by atoms with Crippen LogP contribution >= 0.6 is 0 Å². The number of ether oxygens (including phenoxy) is 1. The Morgan fingerprint density at radius 3 is 3.14 bits per heavy atom. The number of likely N-dealkylation sites (N-methyl/N-ethyl adjacent to an activating group) is 1. The van der Waals surface area contributed by atoms with Gasteiger partial charge in [-0.1, -0.05) is 31.6 Å². The molecule has 1 aromatic rings. The summed E-state index contributed by atoms with van der Waals surface area (Å²) in [5, 5.41) is 0. The van der Waals surface area contributed by atoms with Crippen molar-refractivity contribution in [2.45, 2.75) is 50.0 Å². The molecule has 2 fully saturated rings.